The Balaban J connectivity index is 2.07. The minimum atomic E-state index is -1.78. The van der Waals surface area contributed by atoms with Gasteiger partial charge in [-0.1, -0.05) is 0 Å². The van der Waals surface area contributed by atoms with Crippen molar-refractivity contribution >= 4 is 5.91 Å². The highest BCUT2D eigenvalue weighted by atomic mass is 16.7. The Kier molecular flexibility index (Phi) is 1.89. The van der Waals surface area contributed by atoms with Crippen molar-refractivity contribution < 1.29 is 24.3 Å². The molecule has 4 bridgehead atoms. The first kappa shape index (κ1) is 10.9. The van der Waals surface area contributed by atoms with Gasteiger partial charge in [-0.2, -0.15) is 0 Å². The van der Waals surface area contributed by atoms with Crippen LogP contribution in [0.2, 0.25) is 0 Å². The van der Waals surface area contributed by atoms with Crippen molar-refractivity contribution in [2.24, 2.45) is 5.92 Å². The van der Waals surface area contributed by atoms with Gasteiger partial charge in [-0.3, -0.25) is 14.9 Å². The first-order valence-electron chi connectivity index (χ1n) is 5.34. The van der Waals surface area contributed by atoms with Crippen molar-refractivity contribution in [2.75, 3.05) is 6.61 Å². The molecule has 3 fully saturated rings. The largest absolute Gasteiger partial charge is 0.366 e. The zero-order chi connectivity index (χ0) is 12.4. The number of ether oxygens (including phenoxy) is 2. The number of fused-ring (bicyclic) bond motifs is 6. The fourth-order valence-electron chi connectivity index (χ4n) is 2.82. The van der Waals surface area contributed by atoms with E-state index >= 15 is 0 Å². The normalized spacial score (nSPS) is 52.1. The number of hydrogen-bond donors (Lipinski definition) is 2. The third-order valence-electron chi connectivity index (χ3n) is 3.97. The van der Waals surface area contributed by atoms with Crippen molar-refractivity contribution in [2.45, 2.75) is 37.0 Å². The molecule has 0 unspecified atom stereocenters. The molecular formula is C9H12N2O6. The van der Waals surface area contributed by atoms with Gasteiger partial charge in [0.05, 0.1) is 18.6 Å². The lowest BCUT2D eigenvalue weighted by atomic mass is 9.72. The third kappa shape index (κ3) is 1.15. The molecule has 3 aliphatic rings. The van der Waals surface area contributed by atoms with Gasteiger partial charge < -0.3 is 19.9 Å². The maximum absolute atomic E-state index is 11.9. The summed E-state index contributed by atoms with van der Waals surface area (Å²) in [5.41, 5.74) is -3.43. The molecule has 3 rings (SSSR count). The Labute approximate surface area is 96.0 Å². The quantitative estimate of drug-likeness (QED) is 0.433. The number of piperidine rings is 1. The second kappa shape index (κ2) is 2.95. The number of aliphatic hydroxyl groups is 1. The monoisotopic (exact) mass is 244 g/mol. The third-order valence-corrected chi connectivity index (χ3v) is 3.97. The van der Waals surface area contributed by atoms with Crippen molar-refractivity contribution in [1.82, 2.24) is 5.32 Å². The lowest BCUT2D eigenvalue weighted by Crippen LogP contribution is -2.74. The van der Waals surface area contributed by atoms with E-state index in [4.69, 9.17) is 9.47 Å². The van der Waals surface area contributed by atoms with Crippen molar-refractivity contribution in [3.63, 3.8) is 0 Å². The first-order valence-corrected chi connectivity index (χ1v) is 5.34. The molecule has 3 heterocycles. The summed E-state index contributed by atoms with van der Waals surface area (Å²) in [6, 6.07) is 0. The first-order chi connectivity index (χ1) is 7.88. The van der Waals surface area contributed by atoms with Gasteiger partial charge in [-0.15, -0.1) is 0 Å². The Morgan fingerprint density at radius 2 is 2.35 bits per heavy atom. The number of nitrogens with zero attached hydrogens (tertiary/aromatic N) is 1. The average Bonchev–Trinajstić information content (AvgIpc) is 2.68. The zero-order valence-electron chi connectivity index (χ0n) is 9.08. The van der Waals surface area contributed by atoms with Crippen LogP contribution in [-0.4, -0.2) is 46.2 Å². The van der Waals surface area contributed by atoms with Gasteiger partial charge >= 0.3 is 5.54 Å². The molecule has 94 valence electrons. The molecular weight excluding hydrogens is 232 g/mol. The molecule has 0 saturated carbocycles. The Morgan fingerprint density at radius 3 is 3.00 bits per heavy atom. The fourth-order valence-corrected chi connectivity index (χ4v) is 2.82. The van der Waals surface area contributed by atoms with Crippen LogP contribution in [0.5, 0.6) is 0 Å². The summed E-state index contributed by atoms with van der Waals surface area (Å²) in [5.74, 6) is -1.47. The zero-order valence-corrected chi connectivity index (χ0v) is 9.08. The molecule has 3 aliphatic heterocycles. The standard InChI is InChI=1S/C9H12N2O6/c1-8(11(14)15)4-2-9(13,10-6(8)12)7-16-3-5(4)17-7/h4-5,7,13H,2-3H2,1H3,(H,10,12)/t4-,5+,7+,8-,9-/m0/s1. The predicted octanol–water partition coefficient (Wildman–Crippen LogP) is -1.40. The van der Waals surface area contributed by atoms with E-state index in [1.54, 1.807) is 0 Å². The van der Waals surface area contributed by atoms with Gasteiger partial charge in [0.15, 0.2) is 5.72 Å². The van der Waals surface area contributed by atoms with E-state index in [1.807, 2.05) is 0 Å². The van der Waals surface area contributed by atoms with E-state index in [-0.39, 0.29) is 13.0 Å². The summed E-state index contributed by atoms with van der Waals surface area (Å²) >= 11 is 0. The number of amides is 1. The molecule has 0 spiro atoms. The van der Waals surface area contributed by atoms with Gasteiger partial charge in [0, 0.05) is 18.3 Å². The molecule has 8 nitrogen and oxygen atoms in total. The summed E-state index contributed by atoms with van der Waals surface area (Å²) in [5, 5.41) is 23.5. The second-order valence-corrected chi connectivity index (χ2v) is 4.93. The summed E-state index contributed by atoms with van der Waals surface area (Å²) in [7, 11) is 0. The molecule has 8 heteroatoms. The summed E-state index contributed by atoms with van der Waals surface area (Å²) in [6.07, 6.45) is -1.36. The van der Waals surface area contributed by atoms with Crippen LogP contribution in [-0.2, 0) is 14.3 Å². The van der Waals surface area contributed by atoms with Gasteiger partial charge in [0.2, 0.25) is 6.29 Å². The lowest BCUT2D eigenvalue weighted by Gasteiger charge is -2.47. The van der Waals surface area contributed by atoms with Crippen LogP contribution in [0.4, 0.5) is 0 Å². The maximum atomic E-state index is 11.9. The van der Waals surface area contributed by atoms with Crippen LogP contribution >= 0.6 is 0 Å². The second-order valence-electron chi connectivity index (χ2n) is 4.93. The van der Waals surface area contributed by atoms with E-state index in [9.17, 15) is 20.0 Å². The van der Waals surface area contributed by atoms with Crippen molar-refractivity contribution in [3.8, 4) is 0 Å². The van der Waals surface area contributed by atoms with Crippen LogP contribution in [0.1, 0.15) is 13.3 Å². The molecule has 0 radical (unpaired) electrons. The number of carbonyl (C=O) groups is 1. The average molecular weight is 244 g/mol. The maximum Gasteiger partial charge on any atom is 0.301 e. The number of rotatable bonds is 1. The summed E-state index contributed by atoms with van der Waals surface area (Å²) in [6.45, 7) is 1.42. The predicted molar refractivity (Wildman–Crippen MR) is 51.2 cm³/mol. The topological polar surface area (TPSA) is 111 Å². The van der Waals surface area contributed by atoms with Crippen molar-refractivity contribution in [3.05, 3.63) is 10.1 Å². The van der Waals surface area contributed by atoms with Crippen LogP contribution < -0.4 is 5.32 Å². The highest BCUT2D eigenvalue weighted by Gasteiger charge is 2.69. The minimum absolute atomic E-state index is 0.0750. The number of nitrogens with one attached hydrogen (secondary N) is 1. The van der Waals surface area contributed by atoms with Gasteiger partial charge in [-0.25, -0.2) is 0 Å². The highest BCUT2D eigenvalue weighted by Crippen LogP contribution is 2.46. The fraction of sp³-hybridized carbons (Fsp3) is 0.889. The molecule has 0 aromatic rings. The highest BCUT2D eigenvalue weighted by molar-refractivity contribution is 5.86. The summed E-state index contributed by atoms with van der Waals surface area (Å²) < 4.78 is 10.6. The molecule has 1 amide bonds. The number of nitro groups is 1. The van der Waals surface area contributed by atoms with Crippen LogP contribution in [0.15, 0.2) is 0 Å². The number of carbonyl (C=O) groups excluding carboxylic acids is 1. The van der Waals surface area contributed by atoms with Crippen LogP contribution in [0.25, 0.3) is 0 Å². The smallest absolute Gasteiger partial charge is 0.301 e. The Morgan fingerprint density at radius 1 is 1.65 bits per heavy atom. The SMILES string of the molecule is C[C@@]1([N+](=O)[O-])C(=O)N[C@]2(O)C[C@H]1[C@H]1CO[C@@H]2O1. The molecule has 17 heavy (non-hydrogen) atoms. The minimum Gasteiger partial charge on any atom is -0.366 e. The molecule has 0 aromatic carbocycles. The van der Waals surface area contributed by atoms with Crippen LogP contribution in [0.3, 0.4) is 0 Å². The Hall–Kier alpha value is -1.25. The van der Waals surface area contributed by atoms with E-state index in [2.05, 4.69) is 5.32 Å². The lowest BCUT2D eigenvalue weighted by molar-refractivity contribution is -0.567. The Bertz CT molecular complexity index is 414. The van der Waals surface area contributed by atoms with E-state index in [0.717, 1.165) is 0 Å². The van der Waals surface area contributed by atoms with E-state index in [0.29, 0.717) is 0 Å². The van der Waals surface area contributed by atoms with Gasteiger partial charge in [0.1, 0.15) is 0 Å². The van der Waals surface area contributed by atoms with Gasteiger partial charge in [-0.05, 0) is 0 Å². The van der Waals surface area contributed by atoms with E-state index < -0.39 is 40.4 Å². The number of hydrogen-bond acceptors (Lipinski definition) is 6. The van der Waals surface area contributed by atoms with Crippen LogP contribution in [0, 0.1) is 16.0 Å². The summed E-state index contributed by atoms with van der Waals surface area (Å²) in [4.78, 5) is 22.4. The molecule has 0 aromatic heterocycles. The molecule has 0 aliphatic carbocycles. The van der Waals surface area contributed by atoms with Crippen molar-refractivity contribution in [1.29, 1.82) is 0 Å². The molecule has 3 saturated heterocycles. The van der Waals surface area contributed by atoms with Gasteiger partial charge in [0.25, 0.3) is 5.91 Å². The molecule has 5 atom stereocenters. The van der Waals surface area contributed by atoms with E-state index in [1.165, 1.54) is 6.92 Å². The molecule has 2 N–H and O–H groups in total.